The van der Waals surface area contributed by atoms with E-state index < -0.39 is 0 Å². The molecule has 32 heavy (non-hydrogen) atoms. The molecule has 0 aliphatic carbocycles. The number of carbonyl (C=O) groups excluding carboxylic acids is 1. The number of nitrogens with zero attached hydrogens (tertiary/aromatic N) is 1. The largest absolute Gasteiger partial charge is 0.497 e. The van der Waals surface area contributed by atoms with Crippen LogP contribution in [0.1, 0.15) is 52.5 Å². The first kappa shape index (κ1) is 22.1. The van der Waals surface area contributed by atoms with Gasteiger partial charge in [-0.25, -0.2) is 0 Å². The van der Waals surface area contributed by atoms with Crippen molar-refractivity contribution in [3.8, 4) is 5.75 Å². The van der Waals surface area contributed by atoms with E-state index in [-0.39, 0.29) is 23.1 Å². The lowest BCUT2D eigenvalue weighted by Crippen LogP contribution is -2.40. The van der Waals surface area contributed by atoms with Gasteiger partial charge in [0.05, 0.1) is 18.5 Å². The van der Waals surface area contributed by atoms with Gasteiger partial charge in [0, 0.05) is 12.6 Å². The molecule has 1 amide bonds. The lowest BCUT2D eigenvalue weighted by molar-refractivity contribution is 0.0897. The van der Waals surface area contributed by atoms with Gasteiger partial charge in [0.2, 0.25) is 0 Å². The Labute approximate surface area is 188 Å². The minimum atomic E-state index is -0.377. The molecule has 2 aromatic carbocycles. The highest BCUT2D eigenvalue weighted by atomic mass is 16.5. The normalized spacial score (nSPS) is 15.5. The molecule has 3 aromatic rings. The molecule has 6 nitrogen and oxygen atoms in total. The maximum atomic E-state index is 12.9. The van der Waals surface area contributed by atoms with Crippen LogP contribution in [0.25, 0.3) is 11.0 Å². The summed E-state index contributed by atoms with van der Waals surface area (Å²) in [6.45, 7) is 6.33. The Kier molecular flexibility index (Phi) is 6.61. The maximum Gasteiger partial charge on any atom is 0.287 e. The smallest absolute Gasteiger partial charge is 0.287 e. The van der Waals surface area contributed by atoms with Gasteiger partial charge in [-0.1, -0.05) is 18.6 Å². The summed E-state index contributed by atoms with van der Waals surface area (Å²) in [5.41, 5.74) is 3.39. The summed E-state index contributed by atoms with van der Waals surface area (Å²) in [6, 6.07) is 12.9. The average molecular weight is 435 g/mol. The Morgan fingerprint density at radius 2 is 1.75 bits per heavy atom. The summed E-state index contributed by atoms with van der Waals surface area (Å²) >= 11 is 0. The quantitative estimate of drug-likeness (QED) is 0.624. The third-order valence-electron chi connectivity index (χ3n) is 6.36. The van der Waals surface area contributed by atoms with E-state index in [1.54, 1.807) is 7.11 Å². The fraction of sp³-hybridized carbons (Fsp3) is 0.385. The van der Waals surface area contributed by atoms with Crippen LogP contribution in [0, 0.1) is 13.8 Å². The predicted molar refractivity (Wildman–Crippen MR) is 125 cm³/mol. The van der Waals surface area contributed by atoms with Crippen molar-refractivity contribution < 1.29 is 13.9 Å². The van der Waals surface area contributed by atoms with Gasteiger partial charge >= 0.3 is 0 Å². The molecular weight excluding hydrogens is 404 g/mol. The zero-order valence-electron chi connectivity index (χ0n) is 18.9. The highest BCUT2D eigenvalue weighted by molar-refractivity contribution is 5.93. The number of hydrogen-bond acceptors (Lipinski definition) is 5. The van der Waals surface area contributed by atoms with E-state index in [9.17, 15) is 9.59 Å². The maximum absolute atomic E-state index is 12.9. The Hall–Kier alpha value is -3.12. The van der Waals surface area contributed by atoms with E-state index in [0.29, 0.717) is 17.5 Å². The fourth-order valence-electron chi connectivity index (χ4n) is 4.31. The second-order valence-corrected chi connectivity index (χ2v) is 8.50. The number of likely N-dealkylation sites (tertiary alicyclic amines) is 1. The molecule has 0 bridgehead atoms. The van der Waals surface area contributed by atoms with Crippen LogP contribution in [0.15, 0.2) is 51.7 Å². The number of carbonyl (C=O) groups is 1. The Bertz CT molecular complexity index is 1160. The minimum Gasteiger partial charge on any atom is -0.497 e. The number of amides is 1. The number of piperidine rings is 1. The third-order valence-corrected chi connectivity index (χ3v) is 6.36. The third kappa shape index (κ3) is 4.70. The number of rotatable bonds is 6. The molecule has 1 unspecified atom stereocenters. The molecule has 1 atom stereocenters. The molecule has 1 aliphatic heterocycles. The van der Waals surface area contributed by atoms with Gasteiger partial charge in [-0.3, -0.25) is 14.5 Å². The number of nitrogens with one attached hydrogen (secondary N) is 1. The molecule has 0 saturated carbocycles. The summed E-state index contributed by atoms with van der Waals surface area (Å²) in [4.78, 5) is 27.9. The van der Waals surface area contributed by atoms with Crippen LogP contribution in [-0.2, 0) is 0 Å². The van der Waals surface area contributed by atoms with E-state index in [1.165, 1.54) is 12.5 Å². The van der Waals surface area contributed by atoms with Crippen molar-refractivity contribution in [2.24, 2.45) is 0 Å². The second-order valence-electron chi connectivity index (χ2n) is 8.50. The SMILES string of the molecule is COc1ccc(C(CNC(=O)c2cc(=O)c3cc(C)c(C)cc3o2)N2CCCCC2)cc1. The monoisotopic (exact) mass is 434 g/mol. The average Bonchev–Trinajstić information content (AvgIpc) is 2.81. The molecule has 6 heteroatoms. The van der Waals surface area contributed by atoms with Crippen LogP contribution in [-0.4, -0.2) is 37.6 Å². The number of benzene rings is 2. The van der Waals surface area contributed by atoms with E-state index >= 15 is 0 Å². The van der Waals surface area contributed by atoms with Gasteiger partial charge in [-0.05, 0) is 80.7 Å². The number of hydrogen-bond donors (Lipinski definition) is 1. The molecule has 1 saturated heterocycles. The van der Waals surface area contributed by atoms with Crippen molar-refractivity contribution in [1.29, 1.82) is 0 Å². The lowest BCUT2D eigenvalue weighted by Gasteiger charge is -2.35. The van der Waals surface area contributed by atoms with Crippen LogP contribution in [0.3, 0.4) is 0 Å². The van der Waals surface area contributed by atoms with Gasteiger partial charge in [-0.2, -0.15) is 0 Å². The molecule has 4 rings (SSSR count). The molecule has 2 heterocycles. The Balaban J connectivity index is 1.56. The summed E-state index contributed by atoms with van der Waals surface area (Å²) < 4.78 is 11.1. The van der Waals surface area contributed by atoms with Gasteiger partial charge < -0.3 is 14.5 Å². The van der Waals surface area contributed by atoms with E-state index in [4.69, 9.17) is 9.15 Å². The second kappa shape index (κ2) is 9.57. The molecule has 1 N–H and O–H groups in total. The van der Waals surface area contributed by atoms with E-state index in [1.807, 2.05) is 50.2 Å². The molecule has 168 valence electrons. The molecule has 0 radical (unpaired) electrons. The van der Waals surface area contributed by atoms with Crippen LogP contribution in [0.5, 0.6) is 5.75 Å². The zero-order chi connectivity index (χ0) is 22.7. The van der Waals surface area contributed by atoms with Gasteiger partial charge in [0.15, 0.2) is 11.2 Å². The lowest BCUT2D eigenvalue weighted by atomic mass is 10.0. The number of fused-ring (bicyclic) bond motifs is 1. The fourth-order valence-corrected chi connectivity index (χ4v) is 4.31. The van der Waals surface area contributed by atoms with Crippen molar-refractivity contribution in [3.05, 3.63) is 75.1 Å². The highest BCUT2D eigenvalue weighted by Crippen LogP contribution is 2.26. The summed E-state index contributed by atoms with van der Waals surface area (Å²) in [6.07, 6.45) is 3.54. The van der Waals surface area contributed by atoms with Crippen LogP contribution >= 0.6 is 0 Å². The summed E-state index contributed by atoms with van der Waals surface area (Å²) in [5.74, 6) is 0.467. The summed E-state index contributed by atoms with van der Waals surface area (Å²) in [7, 11) is 1.65. The van der Waals surface area contributed by atoms with Crippen LogP contribution in [0.4, 0.5) is 0 Å². The van der Waals surface area contributed by atoms with Gasteiger partial charge in [0.1, 0.15) is 11.3 Å². The molecule has 1 aliphatic rings. The Morgan fingerprint density at radius 1 is 1.06 bits per heavy atom. The van der Waals surface area contributed by atoms with Crippen LogP contribution in [0.2, 0.25) is 0 Å². The molecule has 1 aromatic heterocycles. The highest BCUT2D eigenvalue weighted by Gasteiger charge is 2.24. The van der Waals surface area contributed by atoms with E-state index in [0.717, 1.165) is 48.4 Å². The first-order valence-electron chi connectivity index (χ1n) is 11.2. The van der Waals surface area contributed by atoms with E-state index in [2.05, 4.69) is 10.2 Å². The predicted octanol–water partition coefficient (Wildman–Crippen LogP) is 4.38. The van der Waals surface area contributed by atoms with Crippen molar-refractivity contribution >= 4 is 16.9 Å². The molecule has 0 spiro atoms. The van der Waals surface area contributed by atoms with Crippen molar-refractivity contribution in [2.45, 2.75) is 39.2 Å². The number of aryl methyl sites for hydroxylation is 2. The van der Waals surface area contributed by atoms with Crippen molar-refractivity contribution in [3.63, 3.8) is 0 Å². The zero-order valence-corrected chi connectivity index (χ0v) is 18.9. The minimum absolute atomic E-state index is 0.0397. The van der Waals surface area contributed by atoms with Crippen LogP contribution < -0.4 is 15.5 Å². The first-order valence-corrected chi connectivity index (χ1v) is 11.2. The van der Waals surface area contributed by atoms with Crippen molar-refractivity contribution in [1.82, 2.24) is 10.2 Å². The standard InChI is InChI=1S/C26H30N2O4/c1-17-13-21-23(29)15-25(32-24(21)14-18(17)2)26(30)27-16-22(28-11-5-4-6-12-28)19-7-9-20(31-3)10-8-19/h7-10,13-15,22H,4-6,11-12,16H2,1-3H3,(H,27,30). The van der Waals surface area contributed by atoms with Crippen molar-refractivity contribution in [2.75, 3.05) is 26.7 Å². The summed E-state index contributed by atoms with van der Waals surface area (Å²) in [5, 5.41) is 3.49. The number of ether oxygens (including phenoxy) is 1. The topological polar surface area (TPSA) is 71.8 Å². The first-order chi connectivity index (χ1) is 15.5. The molecular formula is C26H30N2O4. The van der Waals surface area contributed by atoms with Gasteiger partial charge in [-0.15, -0.1) is 0 Å². The number of methoxy groups -OCH3 is 1. The molecule has 1 fully saturated rings. The van der Waals surface area contributed by atoms with Gasteiger partial charge in [0.25, 0.3) is 5.91 Å². The Morgan fingerprint density at radius 3 is 2.44 bits per heavy atom.